The molecule has 1 aliphatic heterocycles. The van der Waals surface area contributed by atoms with E-state index in [0.717, 1.165) is 0 Å². The number of nitrogens with zero attached hydrogens (tertiary/aromatic N) is 4. The van der Waals surface area contributed by atoms with E-state index in [1.165, 1.54) is 0 Å². The molecule has 2 heterocycles. The van der Waals surface area contributed by atoms with Crippen molar-refractivity contribution in [2.24, 2.45) is 0 Å². The molecule has 2 aromatic rings. The number of carbonyl (C=O) groups excluding carboxylic acids is 2. The molecule has 1 aliphatic rings. The van der Waals surface area contributed by atoms with Gasteiger partial charge < -0.3 is 25.2 Å². The summed E-state index contributed by atoms with van der Waals surface area (Å²) in [5.74, 6) is 1.09. The summed E-state index contributed by atoms with van der Waals surface area (Å²) >= 11 is 0. The summed E-state index contributed by atoms with van der Waals surface area (Å²) in [5, 5.41) is 5.38. The van der Waals surface area contributed by atoms with E-state index in [9.17, 15) is 9.59 Å². The maximum absolute atomic E-state index is 12.3. The van der Waals surface area contributed by atoms with Gasteiger partial charge in [-0.3, -0.25) is 4.79 Å². The molecule has 1 aromatic carbocycles. The van der Waals surface area contributed by atoms with Crippen molar-refractivity contribution in [1.29, 1.82) is 0 Å². The molecule has 0 radical (unpaired) electrons. The third-order valence-corrected chi connectivity index (χ3v) is 4.18. The first-order chi connectivity index (χ1) is 13.2. The van der Waals surface area contributed by atoms with Crippen LogP contribution in [0.1, 0.15) is 0 Å². The highest BCUT2D eigenvalue weighted by molar-refractivity contribution is 5.94. The van der Waals surface area contributed by atoms with Crippen molar-refractivity contribution in [3.8, 4) is 5.75 Å². The normalized spacial score (nSPS) is 13.8. The van der Waals surface area contributed by atoms with Gasteiger partial charge in [0.15, 0.2) is 0 Å². The Kier molecular flexibility index (Phi) is 6.03. The number of methoxy groups -OCH3 is 1. The number of urea groups is 1. The van der Waals surface area contributed by atoms with E-state index < -0.39 is 0 Å². The van der Waals surface area contributed by atoms with Crippen molar-refractivity contribution in [3.63, 3.8) is 0 Å². The quantitative estimate of drug-likeness (QED) is 0.813. The van der Waals surface area contributed by atoms with Crippen LogP contribution in [0.15, 0.2) is 42.7 Å². The Labute approximate surface area is 157 Å². The van der Waals surface area contributed by atoms with Gasteiger partial charge in [-0.1, -0.05) is 0 Å². The number of benzene rings is 1. The van der Waals surface area contributed by atoms with E-state index in [4.69, 9.17) is 4.74 Å². The van der Waals surface area contributed by atoms with Crippen LogP contribution in [0.2, 0.25) is 0 Å². The van der Waals surface area contributed by atoms with Gasteiger partial charge in [0, 0.05) is 44.3 Å². The lowest BCUT2D eigenvalue weighted by Crippen LogP contribution is -2.53. The largest absolute Gasteiger partial charge is 0.497 e. The van der Waals surface area contributed by atoms with E-state index >= 15 is 0 Å². The zero-order valence-electron chi connectivity index (χ0n) is 15.1. The standard InChI is InChI=1S/C18H22N6O3/c1-27-15-5-3-14(4-6-15)22-16(25)13-21-18(26)24-11-9-23(10-12-24)17-19-7-2-8-20-17/h2-8H,9-13H2,1H3,(H,21,26)(H,22,25). The Bertz CT molecular complexity index is 760. The average Bonchev–Trinajstić information content (AvgIpc) is 2.73. The van der Waals surface area contributed by atoms with Gasteiger partial charge in [-0.25, -0.2) is 14.8 Å². The van der Waals surface area contributed by atoms with Crippen molar-refractivity contribution in [1.82, 2.24) is 20.2 Å². The Morgan fingerprint density at radius 1 is 1.07 bits per heavy atom. The van der Waals surface area contributed by atoms with Gasteiger partial charge in [0.1, 0.15) is 5.75 Å². The lowest BCUT2D eigenvalue weighted by Gasteiger charge is -2.34. The number of ether oxygens (including phenoxy) is 1. The summed E-state index contributed by atoms with van der Waals surface area (Å²) in [5.41, 5.74) is 0.645. The molecule has 0 bridgehead atoms. The summed E-state index contributed by atoms with van der Waals surface area (Å²) in [6.07, 6.45) is 3.39. The Morgan fingerprint density at radius 2 is 1.74 bits per heavy atom. The van der Waals surface area contributed by atoms with Crippen LogP contribution in [0, 0.1) is 0 Å². The van der Waals surface area contributed by atoms with E-state index in [1.807, 2.05) is 4.90 Å². The van der Waals surface area contributed by atoms with E-state index in [1.54, 1.807) is 54.7 Å². The molecule has 1 fully saturated rings. The first-order valence-corrected chi connectivity index (χ1v) is 8.64. The Balaban J connectivity index is 1.41. The van der Waals surface area contributed by atoms with Crippen LogP contribution in [0.25, 0.3) is 0 Å². The summed E-state index contributed by atoms with van der Waals surface area (Å²) < 4.78 is 5.07. The molecule has 1 saturated heterocycles. The van der Waals surface area contributed by atoms with Crippen molar-refractivity contribution in [3.05, 3.63) is 42.7 Å². The number of hydrogen-bond donors (Lipinski definition) is 2. The van der Waals surface area contributed by atoms with Gasteiger partial charge in [-0.2, -0.15) is 0 Å². The number of carbonyl (C=O) groups is 2. The molecule has 142 valence electrons. The summed E-state index contributed by atoms with van der Waals surface area (Å²) in [4.78, 5) is 36.4. The first kappa shape index (κ1) is 18.4. The minimum atomic E-state index is -0.287. The van der Waals surface area contributed by atoms with Crippen molar-refractivity contribution in [2.75, 3.05) is 50.1 Å². The minimum Gasteiger partial charge on any atom is -0.497 e. The molecular formula is C18H22N6O3. The fourth-order valence-corrected chi connectivity index (χ4v) is 2.71. The highest BCUT2D eigenvalue weighted by Gasteiger charge is 2.22. The predicted octanol–water partition coefficient (Wildman–Crippen LogP) is 0.955. The molecule has 0 unspecified atom stereocenters. The topological polar surface area (TPSA) is 99.7 Å². The van der Waals surface area contributed by atoms with Crippen molar-refractivity contribution in [2.45, 2.75) is 0 Å². The molecule has 0 spiro atoms. The van der Waals surface area contributed by atoms with Gasteiger partial charge in [0.05, 0.1) is 13.7 Å². The molecule has 27 heavy (non-hydrogen) atoms. The van der Waals surface area contributed by atoms with E-state index in [2.05, 4.69) is 20.6 Å². The highest BCUT2D eigenvalue weighted by Crippen LogP contribution is 2.14. The van der Waals surface area contributed by atoms with Gasteiger partial charge in [0.25, 0.3) is 0 Å². The van der Waals surface area contributed by atoms with Crippen LogP contribution >= 0.6 is 0 Å². The Hall–Kier alpha value is -3.36. The second-order valence-electron chi connectivity index (χ2n) is 5.96. The number of amides is 3. The van der Waals surface area contributed by atoms with E-state index in [0.29, 0.717) is 43.6 Å². The number of nitrogens with one attached hydrogen (secondary N) is 2. The summed E-state index contributed by atoms with van der Waals surface area (Å²) in [6.45, 7) is 2.30. The van der Waals surface area contributed by atoms with Gasteiger partial charge in [0.2, 0.25) is 11.9 Å². The number of hydrogen-bond acceptors (Lipinski definition) is 6. The van der Waals surface area contributed by atoms with Crippen molar-refractivity contribution >= 4 is 23.6 Å². The molecule has 9 nitrogen and oxygen atoms in total. The molecule has 3 rings (SSSR count). The van der Waals surface area contributed by atoms with Crippen LogP contribution in [0.4, 0.5) is 16.4 Å². The van der Waals surface area contributed by atoms with Crippen LogP contribution in [-0.4, -0.2) is 66.6 Å². The second kappa shape index (κ2) is 8.84. The van der Waals surface area contributed by atoms with Crippen LogP contribution in [0.3, 0.4) is 0 Å². The summed E-state index contributed by atoms with van der Waals surface area (Å²) in [7, 11) is 1.58. The first-order valence-electron chi connectivity index (χ1n) is 8.64. The van der Waals surface area contributed by atoms with Gasteiger partial charge in [-0.05, 0) is 30.3 Å². The number of aromatic nitrogens is 2. The van der Waals surface area contributed by atoms with E-state index in [-0.39, 0.29) is 18.5 Å². The van der Waals surface area contributed by atoms with Crippen LogP contribution in [0.5, 0.6) is 5.75 Å². The Morgan fingerprint density at radius 3 is 2.37 bits per heavy atom. The lowest BCUT2D eigenvalue weighted by molar-refractivity contribution is -0.115. The minimum absolute atomic E-state index is 0.0904. The molecule has 0 saturated carbocycles. The smallest absolute Gasteiger partial charge is 0.317 e. The molecule has 9 heteroatoms. The SMILES string of the molecule is COc1ccc(NC(=O)CNC(=O)N2CCN(c3ncccn3)CC2)cc1. The fraction of sp³-hybridized carbons (Fsp3) is 0.333. The van der Waals surface area contributed by atoms with Crippen LogP contribution < -0.4 is 20.3 Å². The third-order valence-electron chi connectivity index (χ3n) is 4.18. The maximum atomic E-state index is 12.3. The van der Waals surface area contributed by atoms with Crippen molar-refractivity contribution < 1.29 is 14.3 Å². The summed E-state index contributed by atoms with van der Waals surface area (Å²) in [6, 6.07) is 8.50. The monoisotopic (exact) mass is 370 g/mol. The zero-order valence-corrected chi connectivity index (χ0v) is 15.1. The molecule has 3 amide bonds. The van der Waals surface area contributed by atoms with Gasteiger partial charge >= 0.3 is 6.03 Å². The fourth-order valence-electron chi connectivity index (χ4n) is 2.71. The molecule has 1 aromatic heterocycles. The second-order valence-corrected chi connectivity index (χ2v) is 5.96. The van der Waals surface area contributed by atoms with Crippen LogP contribution in [-0.2, 0) is 4.79 Å². The zero-order chi connectivity index (χ0) is 19.1. The average molecular weight is 370 g/mol. The number of rotatable bonds is 5. The third kappa shape index (κ3) is 5.06. The van der Waals surface area contributed by atoms with Gasteiger partial charge in [-0.15, -0.1) is 0 Å². The highest BCUT2D eigenvalue weighted by atomic mass is 16.5. The molecular weight excluding hydrogens is 348 g/mol. The number of anilines is 2. The molecule has 0 aliphatic carbocycles. The number of piperazine rings is 1. The predicted molar refractivity (Wildman–Crippen MR) is 101 cm³/mol. The lowest BCUT2D eigenvalue weighted by atomic mass is 10.3. The maximum Gasteiger partial charge on any atom is 0.317 e. The molecule has 2 N–H and O–H groups in total. The molecule has 0 atom stereocenters.